The lowest BCUT2D eigenvalue weighted by Gasteiger charge is -2.06. The first-order valence-electron chi connectivity index (χ1n) is 7.30. The number of hydrogen-bond acceptors (Lipinski definition) is 3. The van der Waals surface area contributed by atoms with Crippen molar-refractivity contribution in [3.05, 3.63) is 69.1 Å². The number of thiophene rings is 1. The van der Waals surface area contributed by atoms with Crippen LogP contribution in [0.1, 0.15) is 10.4 Å². The Labute approximate surface area is 156 Å². The van der Waals surface area contributed by atoms with Crippen molar-refractivity contribution in [3.63, 3.8) is 0 Å². The highest BCUT2D eigenvalue weighted by atomic mass is 127. The number of carbonyl (C=O) groups excluding carboxylic acids is 1. The van der Waals surface area contributed by atoms with E-state index in [1.165, 1.54) is 0 Å². The molecule has 4 aromatic rings. The molecule has 2 heterocycles. The molecule has 0 aliphatic rings. The second kappa shape index (κ2) is 6.37. The number of H-pyrrole nitrogens is 1. The molecule has 0 aliphatic heterocycles. The minimum Gasteiger partial charge on any atom is -0.337 e. The Hall–Kier alpha value is -2.19. The summed E-state index contributed by atoms with van der Waals surface area (Å²) in [6, 6.07) is 17.2. The van der Waals surface area contributed by atoms with Crippen molar-refractivity contribution in [1.82, 2.24) is 9.97 Å². The highest BCUT2D eigenvalue weighted by molar-refractivity contribution is 14.1. The number of amides is 1. The minimum atomic E-state index is -0.114. The van der Waals surface area contributed by atoms with Gasteiger partial charge in [-0.1, -0.05) is 18.2 Å². The second-order valence-corrected chi connectivity index (χ2v) is 7.34. The average molecular weight is 445 g/mol. The van der Waals surface area contributed by atoms with Gasteiger partial charge in [0.1, 0.15) is 5.82 Å². The molecule has 0 unspecified atom stereocenters. The Balaban J connectivity index is 1.63. The maximum Gasteiger partial charge on any atom is 0.256 e. The first kappa shape index (κ1) is 15.3. The normalized spacial score (nSPS) is 10.9. The van der Waals surface area contributed by atoms with Crippen LogP contribution in [-0.4, -0.2) is 15.9 Å². The molecule has 24 heavy (non-hydrogen) atoms. The molecule has 118 valence electrons. The number of anilines is 1. The van der Waals surface area contributed by atoms with Crippen LogP contribution >= 0.6 is 33.9 Å². The molecule has 4 rings (SSSR count). The summed E-state index contributed by atoms with van der Waals surface area (Å²) in [5.41, 5.74) is 3.19. The van der Waals surface area contributed by atoms with Gasteiger partial charge >= 0.3 is 0 Å². The standard InChI is InChI=1S/C18H12IN3OS/c19-13-5-2-1-4-12(13)18(23)20-11-7-8-14-15(10-11)22-17(21-14)16-6-3-9-24-16/h1-10H,(H,20,23)(H,21,22). The van der Waals surface area contributed by atoms with E-state index < -0.39 is 0 Å². The van der Waals surface area contributed by atoms with E-state index in [-0.39, 0.29) is 5.91 Å². The van der Waals surface area contributed by atoms with Crippen LogP contribution < -0.4 is 5.32 Å². The zero-order valence-electron chi connectivity index (χ0n) is 12.4. The van der Waals surface area contributed by atoms with Gasteiger partial charge in [0.15, 0.2) is 0 Å². The monoisotopic (exact) mass is 445 g/mol. The number of aromatic nitrogens is 2. The van der Waals surface area contributed by atoms with E-state index >= 15 is 0 Å². The Morgan fingerprint density at radius 3 is 2.79 bits per heavy atom. The van der Waals surface area contributed by atoms with Crippen LogP contribution in [0.5, 0.6) is 0 Å². The van der Waals surface area contributed by atoms with Crippen LogP contribution in [0.15, 0.2) is 60.0 Å². The van der Waals surface area contributed by atoms with Crippen molar-refractivity contribution in [2.24, 2.45) is 0 Å². The maximum atomic E-state index is 12.4. The lowest BCUT2D eigenvalue weighted by atomic mass is 10.2. The molecule has 2 aromatic carbocycles. The number of nitrogens with zero attached hydrogens (tertiary/aromatic N) is 1. The van der Waals surface area contributed by atoms with Gasteiger partial charge in [0.05, 0.1) is 21.5 Å². The van der Waals surface area contributed by atoms with E-state index in [9.17, 15) is 4.79 Å². The van der Waals surface area contributed by atoms with Crippen LogP contribution in [0, 0.1) is 3.57 Å². The Morgan fingerprint density at radius 2 is 2.00 bits per heavy atom. The predicted molar refractivity (Wildman–Crippen MR) is 107 cm³/mol. The lowest BCUT2D eigenvalue weighted by Crippen LogP contribution is -2.13. The number of imidazole rings is 1. The predicted octanol–water partition coefficient (Wildman–Crippen LogP) is 5.15. The molecule has 0 saturated heterocycles. The van der Waals surface area contributed by atoms with Crippen LogP contribution in [0.4, 0.5) is 5.69 Å². The quantitative estimate of drug-likeness (QED) is 0.429. The van der Waals surface area contributed by atoms with E-state index in [0.717, 1.165) is 31.0 Å². The highest BCUT2D eigenvalue weighted by Gasteiger charge is 2.11. The molecule has 0 spiro atoms. The second-order valence-electron chi connectivity index (χ2n) is 5.23. The number of hydrogen-bond donors (Lipinski definition) is 2. The zero-order chi connectivity index (χ0) is 16.5. The molecule has 0 aliphatic carbocycles. The molecule has 0 saturated carbocycles. The Morgan fingerprint density at radius 1 is 1.12 bits per heavy atom. The average Bonchev–Trinajstić information content (AvgIpc) is 3.24. The number of aromatic amines is 1. The summed E-state index contributed by atoms with van der Waals surface area (Å²) < 4.78 is 0.926. The van der Waals surface area contributed by atoms with Gasteiger partial charge in [-0.3, -0.25) is 4.79 Å². The fourth-order valence-electron chi connectivity index (χ4n) is 2.46. The Bertz CT molecular complexity index is 1020. The fraction of sp³-hybridized carbons (Fsp3) is 0. The fourth-order valence-corrected chi connectivity index (χ4v) is 3.76. The molecule has 4 nitrogen and oxygen atoms in total. The number of fused-ring (bicyclic) bond motifs is 1. The van der Waals surface area contributed by atoms with Crippen molar-refractivity contribution in [2.75, 3.05) is 5.32 Å². The molecule has 0 fully saturated rings. The lowest BCUT2D eigenvalue weighted by molar-refractivity contribution is 0.102. The first-order valence-corrected chi connectivity index (χ1v) is 9.26. The van der Waals surface area contributed by atoms with Crippen LogP contribution in [0.25, 0.3) is 21.7 Å². The molecule has 0 radical (unpaired) electrons. The summed E-state index contributed by atoms with van der Waals surface area (Å²) in [5.74, 6) is 0.735. The SMILES string of the molecule is O=C(Nc1ccc2nc(-c3cccs3)[nH]c2c1)c1ccccc1I. The number of nitrogens with one attached hydrogen (secondary N) is 2. The van der Waals surface area contributed by atoms with Crippen LogP contribution in [0.3, 0.4) is 0 Å². The summed E-state index contributed by atoms with van der Waals surface area (Å²) in [4.78, 5) is 21.4. The maximum absolute atomic E-state index is 12.4. The number of halogens is 1. The van der Waals surface area contributed by atoms with Crippen molar-refractivity contribution in [2.45, 2.75) is 0 Å². The summed E-state index contributed by atoms with van der Waals surface area (Å²) in [6.07, 6.45) is 0. The van der Waals surface area contributed by atoms with Gasteiger partial charge in [-0.2, -0.15) is 0 Å². The third-order valence-corrected chi connectivity index (χ3v) is 5.43. The molecular weight excluding hydrogens is 433 g/mol. The highest BCUT2D eigenvalue weighted by Crippen LogP contribution is 2.26. The topological polar surface area (TPSA) is 57.8 Å². The van der Waals surface area contributed by atoms with E-state index in [1.807, 2.05) is 60.0 Å². The van der Waals surface area contributed by atoms with E-state index in [0.29, 0.717) is 5.56 Å². The minimum absolute atomic E-state index is 0.114. The molecule has 1 amide bonds. The summed E-state index contributed by atoms with van der Waals surface area (Å²) in [5, 5.41) is 4.97. The van der Waals surface area contributed by atoms with Crippen molar-refractivity contribution >= 4 is 56.6 Å². The smallest absolute Gasteiger partial charge is 0.256 e. The van der Waals surface area contributed by atoms with Gasteiger partial charge in [-0.15, -0.1) is 11.3 Å². The van der Waals surface area contributed by atoms with Gasteiger partial charge in [-0.25, -0.2) is 4.98 Å². The summed E-state index contributed by atoms with van der Waals surface area (Å²) in [6.45, 7) is 0. The van der Waals surface area contributed by atoms with Crippen molar-refractivity contribution in [3.8, 4) is 10.7 Å². The van der Waals surface area contributed by atoms with Gasteiger partial charge < -0.3 is 10.3 Å². The first-order chi connectivity index (χ1) is 11.7. The number of carbonyl (C=O) groups is 1. The largest absolute Gasteiger partial charge is 0.337 e. The zero-order valence-corrected chi connectivity index (χ0v) is 15.4. The van der Waals surface area contributed by atoms with E-state index in [1.54, 1.807) is 11.3 Å². The molecule has 0 bridgehead atoms. The van der Waals surface area contributed by atoms with Gasteiger partial charge in [0.2, 0.25) is 0 Å². The van der Waals surface area contributed by atoms with Gasteiger partial charge in [0.25, 0.3) is 5.91 Å². The van der Waals surface area contributed by atoms with Crippen molar-refractivity contribution in [1.29, 1.82) is 0 Å². The van der Waals surface area contributed by atoms with E-state index in [4.69, 9.17) is 0 Å². The van der Waals surface area contributed by atoms with Crippen LogP contribution in [0.2, 0.25) is 0 Å². The molecule has 0 atom stereocenters. The van der Waals surface area contributed by atoms with Crippen molar-refractivity contribution < 1.29 is 4.79 Å². The van der Waals surface area contributed by atoms with Gasteiger partial charge in [-0.05, 0) is 64.4 Å². The van der Waals surface area contributed by atoms with Gasteiger partial charge in [0, 0.05) is 9.26 Å². The molecule has 2 N–H and O–H groups in total. The Kier molecular flexibility index (Phi) is 4.07. The molecule has 6 heteroatoms. The number of benzene rings is 2. The summed E-state index contributed by atoms with van der Waals surface area (Å²) >= 11 is 3.81. The molecule has 2 aromatic heterocycles. The summed E-state index contributed by atoms with van der Waals surface area (Å²) in [7, 11) is 0. The third kappa shape index (κ3) is 2.94. The van der Waals surface area contributed by atoms with Crippen LogP contribution in [-0.2, 0) is 0 Å². The number of rotatable bonds is 3. The molecular formula is C18H12IN3OS. The third-order valence-electron chi connectivity index (χ3n) is 3.61. The van der Waals surface area contributed by atoms with E-state index in [2.05, 4.69) is 37.9 Å².